The molecule has 1 aliphatic heterocycles. The van der Waals surface area contributed by atoms with Crippen LogP contribution in [0.1, 0.15) is 18.4 Å². The van der Waals surface area contributed by atoms with Gasteiger partial charge in [0.1, 0.15) is 0 Å². The highest BCUT2D eigenvalue weighted by Crippen LogP contribution is 2.35. The smallest absolute Gasteiger partial charge is 0.162 e. The number of hydrogen-bond acceptors (Lipinski definition) is 5. The predicted octanol–water partition coefficient (Wildman–Crippen LogP) is 3.36. The summed E-state index contributed by atoms with van der Waals surface area (Å²) in [5, 5.41) is 3.59. The van der Waals surface area contributed by atoms with E-state index >= 15 is 0 Å². The van der Waals surface area contributed by atoms with E-state index in [1.165, 1.54) is 12.0 Å². The van der Waals surface area contributed by atoms with Gasteiger partial charge in [-0.15, -0.1) is 0 Å². The maximum Gasteiger partial charge on any atom is 0.162 e. The number of rotatable bonds is 6. The molecule has 0 radical (unpaired) electrons. The van der Waals surface area contributed by atoms with Gasteiger partial charge in [0.05, 0.1) is 25.6 Å². The van der Waals surface area contributed by atoms with Gasteiger partial charge >= 0.3 is 0 Å². The SMILES string of the molecule is COc1cc(N)c(NC2CCCN(Cc3ccccc3)C2)cc1OC. The molecule has 1 heterocycles. The molecule has 0 aromatic heterocycles. The Morgan fingerprint density at radius 2 is 1.84 bits per heavy atom. The summed E-state index contributed by atoms with van der Waals surface area (Å²) in [5.41, 5.74) is 9.12. The number of ether oxygens (including phenoxy) is 2. The first kappa shape index (κ1) is 17.4. The van der Waals surface area contributed by atoms with Gasteiger partial charge in [-0.3, -0.25) is 4.90 Å². The highest BCUT2D eigenvalue weighted by molar-refractivity contribution is 5.72. The second kappa shape index (κ2) is 8.12. The highest BCUT2D eigenvalue weighted by atomic mass is 16.5. The van der Waals surface area contributed by atoms with E-state index in [1.54, 1.807) is 14.2 Å². The summed E-state index contributed by atoms with van der Waals surface area (Å²) in [4.78, 5) is 2.49. The molecule has 2 aromatic carbocycles. The lowest BCUT2D eigenvalue weighted by molar-refractivity contribution is 0.208. The van der Waals surface area contributed by atoms with Crippen molar-refractivity contribution in [3.8, 4) is 11.5 Å². The normalized spacial score (nSPS) is 17.9. The van der Waals surface area contributed by atoms with Crippen molar-refractivity contribution in [2.75, 3.05) is 38.4 Å². The quantitative estimate of drug-likeness (QED) is 0.789. The van der Waals surface area contributed by atoms with Crippen LogP contribution in [0.3, 0.4) is 0 Å². The fourth-order valence-electron chi connectivity index (χ4n) is 3.40. The van der Waals surface area contributed by atoms with E-state index in [1.807, 2.05) is 12.1 Å². The van der Waals surface area contributed by atoms with Crippen molar-refractivity contribution in [3.63, 3.8) is 0 Å². The van der Waals surface area contributed by atoms with Gasteiger partial charge in [-0.25, -0.2) is 0 Å². The topological polar surface area (TPSA) is 59.8 Å². The van der Waals surface area contributed by atoms with Gasteiger partial charge in [0.2, 0.25) is 0 Å². The number of methoxy groups -OCH3 is 2. The van der Waals surface area contributed by atoms with E-state index in [9.17, 15) is 0 Å². The Hall–Kier alpha value is -2.40. The molecule has 3 N–H and O–H groups in total. The number of hydrogen-bond donors (Lipinski definition) is 2. The summed E-state index contributed by atoms with van der Waals surface area (Å²) >= 11 is 0. The van der Waals surface area contributed by atoms with Crippen molar-refractivity contribution in [3.05, 3.63) is 48.0 Å². The van der Waals surface area contributed by atoms with E-state index in [4.69, 9.17) is 15.2 Å². The predicted molar refractivity (Wildman–Crippen MR) is 102 cm³/mol. The van der Waals surface area contributed by atoms with Gasteiger partial charge in [0, 0.05) is 31.3 Å². The molecule has 134 valence electrons. The Kier molecular flexibility index (Phi) is 5.66. The minimum atomic E-state index is 0.373. The summed E-state index contributed by atoms with van der Waals surface area (Å²) in [6.45, 7) is 3.12. The number of benzene rings is 2. The fraction of sp³-hybridized carbons (Fsp3) is 0.400. The molecule has 1 fully saturated rings. The van der Waals surface area contributed by atoms with Crippen LogP contribution >= 0.6 is 0 Å². The number of nitrogens with two attached hydrogens (primary N) is 1. The van der Waals surface area contributed by atoms with Crippen LogP contribution < -0.4 is 20.5 Å². The van der Waals surface area contributed by atoms with Crippen LogP contribution in [0.2, 0.25) is 0 Å². The Bertz CT molecular complexity index is 691. The van der Waals surface area contributed by atoms with Crippen LogP contribution in [0.15, 0.2) is 42.5 Å². The first-order chi connectivity index (χ1) is 12.2. The minimum Gasteiger partial charge on any atom is -0.493 e. The summed E-state index contributed by atoms with van der Waals surface area (Å²) < 4.78 is 10.7. The Morgan fingerprint density at radius 3 is 2.56 bits per heavy atom. The van der Waals surface area contributed by atoms with Gasteiger partial charge in [-0.1, -0.05) is 30.3 Å². The maximum absolute atomic E-state index is 6.18. The number of anilines is 2. The number of nitrogens with zero attached hydrogens (tertiary/aromatic N) is 1. The van der Waals surface area contributed by atoms with Crippen molar-refractivity contribution >= 4 is 11.4 Å². The molecule has 0 amide bonds. The Balaban J connectivity index is 1.66. The van der Waals surface area contributed by atoms with E-state index in [2.05, 4.69) is 40.5 Å². The molecule has 25 heavy (non-hydrogen) atoms. The molecule has 1 aliphatic rings. The second-order valence-corrected chi connectivity index (χ2v) is 6.50. The molecule has 5 heteroatoms. The highest BCUT2D eigenvalue weighted by Gasteiger charge is 2.21. The van der Waals surface area contributed by atoms with Gasteiger partial charge in [-0.05, 0) is 24.9 Å². The molecule has 1 unspecified atom stereocenters. The molecule has 0 bridgehead atoms. The maximum atomic E-state index is 6.18. The third-order valence-electron chi connectivity index (χ3n) is 4.67. The third-order valence-corrected chi connectivity index (χ3v) is 4.67. The van der Waals surface area contributed by atoms with Crippen LogP contribution in [0.25, 0.3) is 0 Å². The third kappa shape index (κ3) is 4.37. The summed E-state index contributed by atoms with van der Waals surface area (Å²) in [6.07, 6.45) is 2.32. The summed E-state index contributed by atoms with van der Waals surface area (Å²) in [7, 11) is 3.26. The van der Waals surface area contributed by atoms with Crippen LogP contribution in [0.5, 0.6) is 11.5 Å². The number of nitrogens with one attached hydrogen (secondary N) is 1. The average molecular weight is 341 g/mol. The van der Waals surface area contributed by atoms with E-state index in [0.717, 1.165) is 31.7 Å². The first-order valence-electron chi connectivity index (χ1n) is 8.74. The Morgan fingerprint density at radius 1 is 1.12 bits per heavy atom. The number of likely N-dealkylation sites (tertiary alicyclic amines) is 1. The number of nitrogen functional groups attached to an aromatic ring is 1. The largest absolute Gasteiger partial charge is 0.493 e. The van der Waals surface area contributed by atoms with Crippen molar-refractivity contribution in [2.24, 2.45) is 0 Å². The summed E-state index contributed by atoms with van der Waals surface area (Å²) in [6, 6.07) is 14.7. The van der Waals surface area contributed by atoms with E-state index in [-0.39, 0.29) is 0 Å². The van der Waals surface area contributed by atoms with Crippen LogP contribution in [0.4, 0.5) is 11.4 Å². The molecule has 0 aliphatic carbocycles. The van der Waals surface area contributed by atoms with Crippen molar-refractivity contribution in [2.45, 2.75) is 25.4 Å². The lowest BCUT2D eigenvalue weighted by Crippen LogP contribution is -2.41. The zero-order valence-electron chi connectivity index (χ0n) is 15.0. The monoisotopic (exact) mass is 341 g/mol. The molecule has 5 nitrogen and oxygen atoms in total. The molecule has 2 aromatic rings. The molecule has 0 saturated carbocycles. The van der Waals surface area contributed by atoms with E-state index in [0.29, 0.717) is 23.2 Å². The van der Waals surface area contributed by atoms with Gasteiger partial charge in [0.15, 0.2) is 11.5 Å². The van der Waals surface area contributed by atoms with Crippen molar-refractivity contribution < 1.29 is 9.47 Å². The molecular weight excluding hydrogens is 314 g/mol. The van der Waals surface area contributed by atoms with Crippen LogP contribution in [0, 0.1) is 0 Å². The standard InChI is InChI=1S/C20H27N3O2/c1-24-19-11-17(21)18(12-20(19)25-2)22-16-9-6-10-23(14-16)13-15-7-4-3-5-8-15/h3-5,7-8,11-12,16,22H,6,9-10,13-14,21H2,1-2H3. The lowest BCUT2D eigenvalue weighted by atomic mass is 10.0. The molecular formula is C20H27N3O2. The first-order valence-corrected chi connectivity index (χ1v) is 8.74. The van der Waals surface area contributed by atoms with Crippen molar-refractivity contribution in [1.82, 2.24) is 4.90 Å². The second-order valence-electron chi connectivity index (χ2n) is 6.50. The van der Waals surface area contributed by atoms with Crippen molar-refractivity contribution in [1.29, 1.82) is 0 Å². The van der Waals surface area contributed by atoms with Crippen LogP contribution in [-0.4, -0.2) is 38.3 Å². The molecule has 3 rings (SSSR count). The Labute approximate surface area is 149 Å². The zero-order valence-corrected chi connectivity index (χ0v) is 15.0. The van der Waals surface area contributed by atoms with Gasteiger partial charge < -0.3 is 20.5 Å². The molecule has 0 spiro atoms. The van der Waals surface area contributed by atoms with Gasteiger partial charge in [0.25, 0.3) is 0 Å². The number of piperidine rings is 1. The van der Waals surface area contributed by atoms with Gasteiger partial charge in [-0.2, -0.15) is 0 Å². The zero-order chi connectivity index (χ0) is 17.6. The molecule has 1 saturated heterocycles. The summed E-state index contributed by atoms with van der Waals surface area (Å²) in [5.74, 6) is 1.34. The van der Waals surface area contributed by atoms with E-state index < -0.39 is 0 Å². The lowest BCUT2D eigenvalue weighted by Gasteiger charge is -2.34. The van der Waals surface area contributed by atoms with Crippen LogP contribution in [-0.2, 0) is 6.54 Å². The fourth-order valence-corrected chi connectivity index (χ4v) is 3.40. The molecule has 1 atom stereocenters. The minimum absolute atomic E-state index is 0.373. The average Bonchev–Trinajstić information content (AvgIpc) is 2.64.